The van der Waals surface area contributed by atoms with Crippen molar-refractivity contribution < 1.29 is 4.42 Å². The molecule has 5 heteroatoms. The Hall–Kier alpha value is -8.41. The van der Waals surface area contributed by atoms with Crippen molar-refractivity contribution in [2.24, 2.45) is 0 Å². The first-order valence-electron chi connectivity index (χ1n) is 21.9. The van der Waals surface area contributed by atoms with Crippen LogP contribution in [0.1, 0.15) is 13.8 Å². The number of rotatable bonds is 5. The van der Waals surface area contributed by atoms with E-state index in [0.717, 1.165) is 93.3 Å². The van der Waals surface area contributed by atoms with Gasteiger partial charge in [0.15, 0.2) is 11.6 Å². The number of nitrogens with zero attached hydrogens (tertiary/aromatic N) is 4. The van der Waals surface area contributed by atoms with Gasteiger partial charge in [0, 0.05) is 38.2 Å². The third-order valence-corrected chi connectivity index (χ3v) is 12.4. The largest absolute Gasteiger partial charge is 0.456 e. The average molecular weight is 821 g/mol. The molecule has 0 aliphatic heterocycles. The average Bonchev–Trinajstić information content (AvgIpc) is 3.91. The molecular formula is C59H40N4O. The number of hydrogen-bond donors (Lipinski definition) is 0. The Balaban J connectivity index is 0.00000214. The lowest BCUT2D eigenvalue weighted by atomic mass is 9.98. The Labute approximate surface area is 369 Å². The van der Waals surface area contributed by atoms with Crippen molar-refractivity contribution in [1.82, 2.24) is 19.5 Å². The molecule has 0 atom stereocenters. The summed E-state index contributed by atoms with van der Waals surface area (Å²) in [5.74, 6) is 1.76. The highest BCUT2D eigenvalue weighted by Gasteiger charge is 2.22. The van der Waals surface area contributed by atoms with Crippen LogP contribution in [0.15, 0.2) is 211 Å². The molecule has 0 radical (unpaired) electrons. The van der Waals surface area contributed by atoms with Crippen LogP contribution in [0, 0.1) is 0 Å². The van der Waals surface area contributed by atoms with Gasteiger partial charge in [-0.3, -0.25) is 4.57 Å². The zero-order valence-corrected chi connectivity index (χ0v) is 35.3. The molecule has 0 amide bonds. The molecule has 0 N–H and O–H groups in total. The Kier molecular flexibility index (Phi) is 8.87. The summed E-state index contributed by atoms with van der Waals surface area (Å²) < 4.78 is 8.72. The van der Waals surface area contributed by atoms with E-state index in [1.807, 2.05) is 19.9 Å². The molecule has 13 rings (SSSR count). The quantitative estimate of drug-likeness (QED) is 0.174. The first-order valence-corrected chi connectivity index (χ1v) is 21.9. The summed E-state index contributed by atoms with van der Waals surface area (Å²) in [6.07, 6.45) is 0. The van der Waals surface area contributed by atoms with E-state index in [1.165, 1.54) is 16.2 Å². The topological polar surface area (TPSA) is 56.7 Å². The van der Waals surface area contributed by atoms with Crippen LogP contribution < -0.4 is 0 Å². The first kappa shape index (κ1) is 37.4. The standard InChI is InChI=1S/C57H34N4O.C2H6/c1-2-11-35(12-3-1)37-21-24-39(25-22-37)55-58-56(44-26-23-36-13-4-5-15-40(36)31-44)60-57(59-55)61-50-34-42-17-7-6-16-41(42)32-48(50)47-20-10-19-46(54(47)61)43-28-29-51-49(33-43)53-45-18-9-8-14-38(45)27-30-52(53)62-51;1-2/h1-34H;1-2H3. The maximum atomic E-state index is 6.46. The zero-order valence-electron chi connectivity index (χ0n) is 35.3. The fraction of sp³-hybridized carbons (Fsp3) is 0.0339. The van der Waals surface area contributed by atoms with Crippen LogP contribution in [0.2, 0.25) is 0 Å². The Morgan fingerprint density at radius 2 is 0.938 bits per heavy atom. The summed E-state index contributed by atoms with van der Waals surface area (Å²) in [6, 6.07) is 72.9. The van der Waals surface area contributed by atoms with Crippen molar-refractivity contribution in [1.29, 1.82) is 0 Å². The minimum Gasteiger partial charge on any atom is -0.456 e. The van der Waals surface area contributed by atoms with Crippen LogP contribution >= 0.6 is 0 Å². The highest BCUT2D eigenvalue weighted by Crippen LogP contribution is 2.42. The maximum Gasteiger partial charge on any atom is 0.238 e. The molecule has 3 heterocycles. The Morgan fingerprint density at radius 3 is 1.73 bits per heavy atom. The van der Waals surface area contributed by atoms with Gasteiger partial charge in [0.05, 0.1) is 11.0 Å². The highest BCUT2D eigenvalue weighted by atomic mass is 16.3. The van der Waals surface area contributed by atoms with E-state index in [1.54, 1.807) is 0 Å². The van der Waals surface area contributed by atoms with Gasteiger partial charge in [0.2, 0.25) is 5.95 Å². The molecule has 10 aromatic carbocycles. The van der Waals surface area contributed by atoms with Crippen molar-refractivity contribution in [3.63, 3.8) is 0 Å². The van der Waals surface area contributed by atoms with Crippen molar-refractivity contribution in [2.45, 2.75) is 13.8 Å². The lowest BCUT2D eigenvalue weighted by Gasteiger charge is -2.14. The van der Waals surface area contributed by atoms with Crippen molar-refractivity contribution in [3.05, 3.63) is 206 Å². The third-order valence-electron chi connectivity index (χ3n) is 12.4. The minimum absolute atomic E-state index is 0.550. The second kappa shape index (κ2) is 15.2. The van der Waals surface area contributed by atoms with E-state index in [0.29, 0.717) is 17.6 Å². The molecule has 0 unspecified atom stereocenters. The van der Waals surface area contributed by atoms with Gasteiger partial charge < -0.3 is 4.42 Å². The predicted molar refractivity (Wildman–Crippen MR) is 267 cm³/mol. The Bertz CT molecular complexity index is 3920. The van der Waals surface area contributed by atoms with Gasteiger partial charge in [-0.15, -0.1) is 0 Å². The van der Waals surface area contributed by atoms with Gasteiger partial charge in [0.1, 0.15) is 11.2 Å². The number of aromatic nitrogens is 4. The van der Waals surface area contributed by atoms with Crippen LogP contribution in [0.4, 0.5) is 0 Å². The smallest absolute Gasteiger partial charge is 0.238 e. The van der Waals surface area contributed by atoms with Gasteiger partial charge >= 0.3 is 0 Å². The predicted octanol–water partition coefficient (Wildman–Crippen LogP) is 16.0. The van der Waals surface area contributed by atoms with Gasteiger partial charge in [-0.05, 0) is 85.4 Å². The normalized spacial score (nSPS) is 11.6. The molecule has 0 saturated carbocycles. The number of hydrogen-bond acceptors (Lipinski definition) is 4. The number of furan rings is 1. The molecule has 0 saturated heterocycles. The van der Waals surface area contributed by atoms with E-state index in [-0.39, 0.29) is 0 Å². The molecule has 13 aromatic rings. The summed E-state index contributed by atoms with van der Waals surface area (Å²) in [5, 5.41) is 11.4. The summed E-state index contributed by atoms with van der Waals surface area (Å²) in [7, 11) is 0. The van der Waals surface area contributed by atoms with Gasteiger partial charge in [0.25, 0.3) is 0 Å². The number of fused-ring (bicyclic) bond motifs is 10. The highest BCUT2D eigenvalue weighted by molar-refractivity contribution is 6.21. The second-order valence-electron chi connectivity index (χ2n) is 16.0. The zero-order chi connectivity index (χ0) is 42.7. The maximum absolute atomic E-state index is 6.46. The molecule has 64 heavy (non-hydrogen) atoms. The number of para-hydroxylation sites is 1. The molecule has 5 nitrogen and oxygen atoms in total. The lowest BCUT2D eigenvalue weighted by molar-refractivity contribution is 0.669. The Morgan fingerprint density at radius 1 is 0.359 bits per heavy atom. The van der Waals surface area contributed by atoms with Crippen LogP contribution in [0.25, 0.3) is 127 Å². The van der Waals surface area contributed by atoms with E-state index < -0.39 is 0 Å². The van der Waals surface area contributed by atoms with Gasteiger partial charge in [-0.2, -0.15) is 9.97 Å². The van der Waals surface area contributed by atoms with Crippen LogP contribution in [-0.2, 0) is 0 Å². The van der Waals surface area contributed by atoms with E-state index in [9.17, 15) is 0 Å². The fourth-order valence-electron chi connectivity index (χ4n) is 9.40. The molecule has 3 aromatic heterocycles. The van der Waals surface area contributed by atoms with Crippen molar-refractivity contribution in [3.8, 4) is 51.0 Å². The molecular weight excluding hydrogens is 781 g/mol. The fourth-order valence-corrected chi connectivity index (χ4v) is 9.40. The van der Waals surface area contributed by atoms with Crippen LogP contribution in [0.5, 0.6) is 0 Å². The van der Waals surface area contributed by atoms with Gasteiger partial charge in [-0.25, -0.2) is 4.98 Å². The second-order valence-corrected chi connectivity index (χ2v) is 16.0. The summed E-state index contributed by atoms with van der Waals surface area (Å²) in [6.45, 7) is 4.00. The first-order chi connectivity index (χ1) is 31.7. The van der Waals surface area contributed by atoms with E-state index in [2.05, 4.69) is 205 Å². The van der Waals surface area contributed by atoms with Crippen molar-refractivity contribution in [2.75, 3.05) is 0 Å². The summed E-state index contributed by atoms with van der Waals surface area (Å²) in [5.41, 5.74) is 10.1. The lowest BCUT2D eigenvalue weighted by Crippen LogP contribution is -2.07. The molecule has 302 valence electrons. The molecule has 0 spiro atoms. The SMILES string of the molecule is CC.c1ccc(-c2ccc(-c3nc(-c4ccc5ccccc5c4)nc(-n4c5cc6ccccc6cc5c5cccc(-c6ccc7oc8ccc9ccccc9c8c7c6)c54)n3)cc2)cc1. The molecule has 0 fully saturated rings. The summed E-state index contributed by atoms with van der Waals surface area (Å²) >= 11 is 0. The third kappa shape index (κ3) is 6.12. The summed E-state index contributed by atoms with van der Waals surface area (Å²) in [4.78, 5) is 16.0. The number of benzene rings is 10. The van der Waals surface area contributed by atoms with E-state index in [4.69, 9.17) is 19.4 Å². The molecule has 0 aliphatic carbocycles. The van der Waals surface area contributed by atoms with E-state index >= 15 is 0 Å². The minimum atomic E-state index is 0.550. The van der Waals surface area contributed by atoms with Crippen LogP contribution in [0.3, 0.4) is 0 Å². The molecule has 0 bridgehead atoms. The van der Waals surface area contributed by atoms with Crippen LogP contribution in [-0.4, -0.2) is 19.5 Å². The monoisotopic (exact) mass is 820 g/mol. The van der Waals surface area contributed by atoms with Crippen molar-refractivity contribution >= 4 is 76.1 Å². The molecule has 0 aliphatic rings. The van der Waals surface area contributed by atoms with Gasteiger partial charge in [-0.1, -0.05) is 184 Å².